The Hall–Kier alpha value is -0.590. The lowest BCUT2D eigenvalue weighted by Gasteiger charge is -2.49. The van der Waals surface area contributed by atoms with Gasteiger partial charge in [0.15, 0.2) is 11.5 Å². The van der Waals surface area contributed by atoms with Crippen LogP contribution in [0.3, 0.4) is 0 Å². The van der Waals surface area contributed by atoms with E-state index in [9.17, 15) is 4.79 Å². The number of carbonyl (C=O) groups is 1. The van der Waals surface area contributed by atoms with Gasteiger partial charge >= 0.3 is 0 Å². The lowest BCUT2D eigenvalue weighted by Crippen LogP contribution is -3.00. The van der Waals surface area contributed by atoms with Crippen LogP contribution >= 0.6 is 15.9 Å². The zero-order chi connectivity index (χ0) is 19.1. The molecule has 0 aliphatic heterocycles. The smallest absolute Gasteiger partial charge is 0.164 e. The first-order chi connectivity index (χ1) is 12.2. The maximum atomic E-state index is 12.6. The van der Waals surface area contributed by atoms with Crippen molar-refractivity contribution in [3.8, 4) is 11.5 Å². The van der Waals surface area contributed by atoms with Crippen LogP contribution in [0.15, 0.2) is 10.5 Å². The number of fused-ring (bicyclic) bond motifs is 3. The van der Waals surface area contributed by atoms with Crippen LogP contribution in [0.5, 0.6) is 11.5 Å². The van der Waals surface area contributed by atoms with Crippen LogP contribution in [0.4, 0.5) is 0 Å². The minimum atomic E-state index is -0.142. The van der Waals surface area contributed by atoms with Crippen LogP contribution in [0.1, 0.15) is 43.2 Å². The number of methoxy groups -OCH3 is 2. The molecule has 6 heteroatoms. The van der Waals surface area contributed by atoms with Gasteiger partial charge in [0, 0.05) is 34.7 Å². The van der Waals surface area contributed by atoms with E-state index in [-0.39, 0.29) is 22.4 Å². The highest BCUT2D eigenvalue weighted by atomic mass is 79.9. The van der Waals surface area contributed by atoms with E-state index in [1.54, 1.807) is 14.2 Å². The van der Waals surface area contributed by atoms with Gasteiger partial charge in [-0.2, -0.15) is 0 Å². The Morgan fingerprint density at radius 3 is 2.44 bits per heavy atom. The molecule has 2 unspecified atom stereocenters. The van der Waals surface area contributed by atoms with Gasteiger partial charge in [-0.3, -0.25) is 4.79 Å². The van der Waals surface area contributed by atoms with Crippen LogP contribution < -0.4 is 26.5 Å². The van der Waals surface area contributed by atoms with Gasteiger partial charge < -0.3 is 30.9 Å². The van der Waals surface area contributed by atoms with E-state index in [0.29, 0.717) is 18.1 Å². The fourth-order valence-electron chi connectivity index (χ4n) is 4.95. The molecule has 0 aromatic heterocycles. The molecule has 0 N–H and O–H groups in total. The van der Waals surface area contributed by atoms with Gasteiger partial charge in [-0.05, 0) is 36.8 Å². The zero-order valence-electron chi connectivity index (χ0n) is 17.0. The highest BCUT2D eigenvalue weighted by molar-refractivity contribution is 9.10. The molecule has 0 bridgehead atoms. The number of benzene rings is 1. The van der Waals surface area contributed by atoms with Crippen LogP contribution in [0.2, 0.25) is 0 Å². The summed E-state index contributed by atoms with van der Waals surface area (Å²) in [5, 5.41) is 0. The highest BCUT2D eigenvalue weighted by Gasteiger charge is 2.51. The third kappa shape index (κ3) is 4.23. The first-order valence-electron chi connectivity index (χ1n) is 9.48. The van der Waals surface area contributed by atoms with E-state index < -0.39 is 0 Å². The molecular formula is C21H31Br2NO3. The summed E-state index contributed by atoms with van der Waals surface area (Å²) in [4.78, 5) is 12.6. The van der Waals surface area contributed by atoms with Gasteiger partial charge in [-0.1, -0.05) is 15.9 Å². The number of halogens is 2. The molecular weight excluding hydrogens is 474 g/mol. The first-order valence-corrected chi connectivity index (χ1v) is 10.3. The number of Topliss-reactive ketones (excluding diaryl/α,β-unsaturated/α-hetero) is 1. The molecule has 27 heavy (non-hydrogen) atoms. The Kier molecular flexibility index (Phi) is 7.08. The van der Waals surface area contributed by atoms with E-state index in [2.05, 4.69) is 37.1 Å². The van der Waals surface area contributed by atoms with Crippen LogP contribution in [-0.2, 0) is 16.6 Å². The van der Waals surface area contributed by atoms with Gasteiger partial charge in [0.25, 0.3) is 0 Å². The Morgan fingerprint density at radius 2 is 1.85 bits per heavy atom. The molecule has 1 saturated carbocycles. The number of rotatable bonds is 5. The average Bonchev–Trinajstić information content (AvgIpc) is 2.58. The van der Waals surface area contributed by atoms with Crippen molar-refractivity contribution < 1.29 is 35.7 Å². The molecule has 4 nitrogen and oxygen atoms in total. The zero-order valence-corrected chi connectivity index (χ0v) is 20.2. The summed E-state index contributed by atoms with van der Waals surface area (Å²) in [6.07, 6.45) is 5.51. The molecule has 1 aromatic rings. The lowest BCUT2D eigenvalue weighted by atomic mass is 9.55. The second-order valence-corrected chi connectivity index (χ2v) is 9.71. The van der Waals surface area contributed by atoms with Crippen molar-refractivity contribution in [2.75, 3.05) is 41.9 Å². The molecule has 0 amide bonds. The Bertz CT molecular complexity index is 714. The second kappa shape index (κ2) is 8.42. The Morgan fingerprint density at radius 1 is 1.19 bits per heavy atom. The summed E-state index contributed by atoms with van der Waals surface area (Å²) < 4.78 is 13.5. The highest BCUT2D eigenvalue weighted by Crippen LogP contribution is 2.57. The molecule has 0 saturated heterocycles. The monoisotopic (exact) mass is 503 g/mol. The number of ether oxygens (including phenoxy) is 2. The van der Waals surface area contributed by atoms with Crippen molar-refractivity contribution >= 4 is 21.7 Å². The fourth-order valence-corrected chi connectivity index (χ4v) is 5.56. The van der Waals surface area contributed by atoms with Crippen molar-refractivity contribution in [1.29, 1.82) is 0 Å². The first kappa shape index (κ1) is 22.7. The van der Waals surface area contributed by atoms with Gasteiger partial charge in [-0.25, -0.2) is 0 Å². The molecule has 2 aliphatic carbocycles. The quantitative estimate of drug-likeness (QED) is 0.564. The molecule has 0 spiro atoms. The predicted octanol–water partition coefficient (Wildman–Crippen LogP) is 1.12. The molecule has 0 heterocycles. The summed E-state index contributed by atoms with van der Waals surface area (Å²) in [7, 11) is 10.1. The molecule has 0 radical (unpaired) electrons. The number of quaternary nitrogens is 1. The minimum Gasteiger partial charge on any atom is -1.00 e. The van der Waals surface area contributed by atoms with Crippen molar-refractivity contribution in [2.45, 2.75) is 43.9 Å². The molecule has 1 aromatic carbocycles. The normalized spacial score (nSPS) is 24.5. The standard InChI is InChI=1S/C21H31BrNO3.BrH/c1-23(2,3)11-10-21-13-15(24)8-6-14(21)7-9-16-17(22)12-18(25-4)20(26-5)19(16)21;/h12,14H,6-11,13H2,1-5H3;1H/q+1;/p-1. The van der Waals surface area contributed by atoms with Gasteiger partial charge in [-0.15, -0.1) is 0 Å². The summed E-state index contributed by atoms with van der Waals surface area (Å²) in [6.45, 7) is 1.03. The van der Waals surface area contributed by atoms with E-state index in [1.807, 2.05) is 6.07 Å². The Balaban J connectivity index is 0.00000261. The summed E-state index contributed by atoms with van der Waals surface area (Å²) in [5.74, 6) is 2.50. The number of hydrogen-bond donors (Lipinski definition) is 0. The number of carbonyl (C=O) groups excluding carboxylic acids is 1. The summed E-state index contributed by atoms with van der Waals surface area (Å²) in [5.41, 5.74) is 2.38. The average molecular weight is 505 g/mol. The second-order valence-electron chi connectivity index (χ2n) is 8.86. The third-order valence-corrected chi connectivity index (χ3v) is 6.97. The topological polar surface area (TPSA) is 35.5 Å². The van der Waals surface area contributed by atoms with E-state index in [1.165, 1.54) is 11.1 Å². The van der Waals surface area contributed by atoms with Gasteiger partial charge in [0.05, 0.1) is 41.9 Å². The number of ketones is 1. The molecule has 3 rings (SSSR count). The van der Waals surface area contributed by atoms with Crippen molar-refractivity contribution in [1.82, 2.24) is 0 Å². The molecule has 2 aliphatic rings. The van der Waals surface area contributed by atoms with Crippen LogP contribution in [0, 0.1) is 5.92 Å². The molecule has 152 valence electrons. The SMILES string of the molecule is COc1cc(Br)c2c(c1OC)C1(CC[N+](C)(C)C)CC(=O)CCC1CC2.[Br-]. The lowest BCUT2D eigenvalue weighted by molar-refractivity contribution is -0.871. The molecule has 2 atom stereocenters. The van der Waals surface area contributed by atoms with E-state index in [0.717, 1.165) is 59.1 Å². The predicted molar refractivity (Wildman–Crippen MR) is 107 cm³/mol. The van der Waals surface area contributed by atoms with Gasteiger partial charge in [0.2, 0.25) is 0 Å². The maximum Gasteiger partial charge on any atom is 0.164 e. The maximum absolute atomic E-state index is 12.6. The van der Waals surface area contributed by atoms with Crippen molar-refractivity contribution in [3.63, 3.8) is 0 Å². The fraction of sp³-hybridized carbons (Fsp3) is 0.667. The number of hydrogen-bond acceptors (Lipinski definition) is 3. The van der Waals surface area contributed by atoms with Gasteiger partial charge in [0.1, 0.15) is 5.78 Å². The van der Waals surface area contributed by atoms with E-state index >= 15 is 0 Å². The Labute approximate surface area is 182 Å². The molecule has 1 fully saturated rings. The number of nitrogens with zero attached hydrogens (tertiary/aromatic N) is 1. The van der Waals surface area contributed by atoms with Crippen molar-refractivity contribution in [2.24, 2.45) is 5.92 Å². The van der Waals surface area contributed by atoms with Crippen LogP contribution in [-0.4, -0.2) is 52.2 Å². The summed E-state index contributed by atoms with van der Waals surface area (Å²) >= 11 is 3.76. The van der Waals surface area contributed by atoms with E-state index in [4.69, 9.17) is 9.47 Å². The summed E-state index contributed by atoms with van der Waals surface area (Å²) in [6, 6.07) is 2.01. The third-order valence-electron chi connectivity index (χ3n) is 6.26. The van der Waals surface area contributed by atoms with Crippen LogP contribution in [0.25, 0.3) is 0 Å². The minimum absolute atomic E-state index is 0. The largest absolute Gasteiger partial charge is 1.00 e. The van der Waals surface area contributed by atoms with Crippen molar-refractivity contribution in [3.05, 3.63) is 21.7 Å².